The molecule has 1 aliphatic rings. The van der Waals surface area contributed by atoms with E-state index in [4.69, 9.17) is 4.74 Å². The normalized spacial score (nSPS) is 18.8. The van der Waals surface area contributed by atoms with Gasteiger partial charge in [0.2, 0.25) is 0 Å². The lowest BCUT2D eigenvalue weighted by atomic mass is 10.2. The number of rotatable bonds is 4. The van der Waals surface area contributed by atoms with E-state index >= 15 is 0 Å². The van der Waals surface area contributed by atoms with Gasteiger partial charge in [0.15, 0.2) is 5.56 Å². The highest BCUT2D eigenvalue weighted by molar-refractivity contribution is 8.93. The van der Waals surface area contributed by atoms with Gasteiger partial charge in [0.05, 0.1) is 0 Å². The lowest BCUT2D eigenvalue weighted by Crippen LogP contribution is -2.29. The molecule has 1 aromatic carbocycles. The number of allylic oxidation sites excluding steroid dienone is 1. The van der Waals surface area contributed by atoms with Crippen molar-refractivity contribution >= 4 is 28.7 Å². The Morgan fingerprint density at radius 3 is 2.65 bits per heavy atom. The molecule has 94 valence electrons. The Hall–Kier alpha value is -0.450. The van der Waals surface area contributed by atoms with Crippen molar-refractivity contribution < 1.29 is 4.74 Å². The lowest BCUT2D eigenvalue weighted by molar-refractivity contribution is 0.0267. The summed E-state index contributed by atoms with van der Waals surface area (Å²) >= 11 is 1.74. The summed E-state index contributed by atoms with van der Waals surface area (Å²) in [5.74, 6) is 0. The summed E-state index contributed by atoms with van der Waals surface area (Å²) in [6.45, 7) is 5.84. The van der Waals surface area contributed by atoms with E-state index in [2.05, 4.69) is 41.5 Å². The molecule has 0 N–H and O–H groups in total. The van der Waals surface area contributed by atoms with Crippen molar-refractivity contribution in [2.24, 2.45) is 0 Å². The minimum Gasteiger partial charge on any atom is -0.349 e. The van der Waals surface area contributed by atoms with E-state index in [-0.39, 0.29) is 22.5 Å². The molecule has 0 radical (unpaired) electrons. The first-order valence-electron chi connectivity index (χ1n) is 5.55. The van der Waals surface area contributed by atoms with Gasteiger partial charge in [-0.05, 0) is 24.8 Å². The zero-order valence-electron chi connectivity index (χ0n) is 10.1. The molecule has 0 spiro atoms. The van der Waals surface area contributed by atoms with Gasteiger partial charge in [-0.15, -0.1) is 17.0 Å². The molecule has 0 fully saturated rings. The van der Waals surface area contributed by atoms with E-state index in [0.29, 0.717) is 0 Å². The van der Waals surface area contributed by atoms with Gasteiger partial charge in [-0.2, -0.15) is 0 Å². The highest BCUT2D eigenvalue weighted by Crippen LogP contribution is 2.32. The number of nitrogens with zero attached hydrogens (tertiary/aromatic N) is 1. The molecular weight excluding hydrogens is 298 g/mol. The van der Waals surface area contributed by atoms with Crippen LogP contribution in [-0.4, -0.2) is 17.1 Å². The predicted octanol–water partition coefficient (Wildman–Crippen LogP) is 3.99. The maximum absolute atomic E-state index is 5.69. The third kappa shape index (κ3) is 3.76. The van der Waals surface area contributed by atoms with Crippen molar-refractivity contribution in [2.45, 2.75) is 26.0 Å². The predicted molar refractivity (Wildman–Crippen MR) is 79.1 cm³/mol. The van der Waals surface area contributed by atoms with E-state index in [1.54, 1.807) is 11.8 Å². The van der Waals surface area contributed by atoms with Gasteiger partial charge in [0.25, 0.3) is 0 Å². The topological polar surface area (TPSA) is 12.5 Å². The fourth-order valence-electron chi connectivity index (χ4n) is 1.72. The summed E-state index contributed by atoms with van der Waals surface area (Å²) in [5, 5.41) is 2.17. The molecule has 0 bridgehead atoms. The van der Waals surface area contributed by atoms with E-state index in [1.165, 1.54) is 11.3 Å². The molecule has 1 atom stereocenters. The minimum atomic E-state index is 0. The molecule has 1 aromatic rings. The largest absolute Gasteiger partial charge is 0.349 e. The van der Waals surface area contributed by atoms with Crippen molar-refractivity contribution in [2.75, 3.05) is 6.61 Å². The summed E-state index contributed by atoms with van der Waals surface area (Å²) in [6, 6.07) is 10.5. The second kappa shape index (κ2) is 7.09. The average molecular weight is 316 g/mol. The Bertz CT molecular complexity index is 369. The second-order valence-electron chi connectivity index (χ2n) is 3.77. The van der Waals surface area contributed by atoms with Crippen LogP contribution in [0.1, 0.15) is 19.4 Å². The number of halogens is 1. The Morgan fingerprint density at radius 2 is 2.00 bits per heavy atom. The summed E-state index contributed by atoms with van der Waals surface area (Å²) in [7, 11) is 0. The van der Waals surface area contributed by atoms with Gasteiger partial charge in [-0.3, -0.25) is 0 Å². The number of hydrogen-bond donors (Lipinski definition) is 0. The molecule has 1 unspecified atom stereocenters. The van der Waals surface area contributed by atoms with Crippen molar-refractivity contribution in [3.63, 3.8) is 0 Å². The highest BCUT2D eigenvalue weighted by atomic mass is 79.9. The van der Waals surface area contributed by atoms with Gasteiger partial charge in [0.1, 0.15) is 0 Å². The summed E-state index contributed by atoms with van der Waals surface area (Å²) < 4.78 is 5.69. The second-order valence-corrected chi connectivity index (χ2v) is 4.68. The maximum atomic E-state index is 5.69. The number of thioether (sulfide) groups is 1. The third-order valence-corrected chi connectivity index (χ3v) is 3.67. The molecule has 1 heterocycles. The van der Waals surface area contributed by atoms with Crippen LogP contribution in [0.15, 0.2) is 41.4 Å². The molecule has 0 saturated heterocycles. The van der Waals surface area contributed by atoms with Gasteiger partial charge in [-0.1, -0.05) is 42.1 Å². The van der Waals surface area contributed by atoms with Gasteiger partial charge in [-0.25, -0.2) is 0 Å². The highest BCUT2D eigenvalue weighted by Gasteiger charge is 2.24. The standard InChI is InChI=1S/C13H17NOS.BrH/c1-3-15-13-14(11(2)10-16-13)9-12-7-5-4-6-8-12;/h4-8,10,13H,3,9H2,1-2H3;1H. The fraction of sp³-hybridized carbons (Fsp3) is 0.385. The number of ether oxygens (including phenoxy) is 1. The first-order chi connectivity index (χ1) is 7.81. The van der Waals surface area contributed by atoms with Crippen molar-refractivity contribution in [1.82, 2.24) is 4.90 Å². The van der Waals surface area contributed by atoms with Crippen molar-refractivity contribution in [1.29, 1.82) is 0 Å². The molecule has 0 saturated carbocycles. The average Bonchev–Trinajstić information content (AvgIpc) is 2.64. The van der Waals surface area contributed by atoms with Crippen LogP contribution >= 0.6 is 28.7 Å². The van der Waals surface area contributed by atoms with E-state index in [0.717, 1.165) is 13.2 Å². The fourth-order valence-corrected chi connectivity index (χ4v) is 2.77. The van der Waals surface area contributed by atoms with Crippen molar-refractivity contribution in [3.05, 3.63) is 47.0 Å². The molecule has 1 aliphatic heterocycles. The molecular formula is C13H18BrNOS. The Balaban J connectivity index is 0.00000144. The van der Waals surface area contributed by atoms with Crippen molar-refractivity contribution in [3.8, 4) is 0 Å². The lowest BCUT2D eigenvalue weighted by Gasteiger charge is -2.27. The summed E-state index contributed by atoms with van der Waals surface area (Å²) in [5.41, 5.74) is 2.75. The van der Waals surface area contributed by atoms with Crippen LogP contribution in [0.5, 0.6) is 0 Å². The number of benzene rings is 1. The van der Waals surface area contributed by atoms with Crippen LogP contribution in [0.2, 0.25) is 0 Å². The van der Waals surface area contributed by atoms with E-state index in [1.807, 2.05) is 13.0 Å². The van der Waals surface area contributed by atoms with Crippen LogP contribution in [0.25, 0.3) is 0 Å². The third-order valence-electron chi connectivity index (χ3n) is 2.57. The van der Waals surface area contributed by atoms with E-state index < -0.39 is 0 Å². The Morgan fingerprint density at radius 1 is 1.29 bits per heavy atom. The molecule has 4 heteroatoms. The molecule has 0 aromatic heterocycles. The van der Waals surface area contributed by atoms with Crippen LogP contribution in [-0.2, 0) is 11.3 Å². The first-order valence-corrected chi connectivity index (χ1v) is 6.50. The molecule has 0 amide bonds. The summed E-state index contributed by atoms with van der Waals surface area (Å²) in [4.78, 5) is 2.30. The van der Waals surface area contributed by atoms with Crippen LogP contribution in [0, 0.1) is 0 Å². The smallest absolute Gasteiger partial charge is 0.182 e. The Kier molecular flexibility index (Phi) is 6.09. The maximum Gasteiger partial charge on any atom is 0.182 e. The molecule has 0 aliphatic carbocycles. The Labute approximate surface area is 118 Å². The first kappa shape index (κ1) is 14.6. The quantitative estimate of drug-likeness (QED) is 0.833. The zero-order chi connectivity index (χ0) is 11.4. The molecule has 2 nitrogen and oxygen atoms in total. The molecule has 17 heavy (non-hydrogen) atoms. The van der Waals surface area contributed by atoms with Gasteiger partial charge < -0.3 is 9.64 Å². The monoisotopic (exact) mass is 315 g/mol. The van der Waals surface area contributed by atoms with Crippen LogP contribution in [0.4, 0.5) is 0 Å². The zero-order valence-corrected chi connectivity index (χ0v) is 12.7. The van der Waals surface area contributed by atoms with Gasteiger partial charge in [0, 0.05) is 18.8 Å². The molecule has 2 rings (SSSR count). The summed E-state index contributed by atoms with van der Waals surface area (Å²) in [6.07, 6.45) is 0. The van der Waals surface area contributed by atoms with Gasteiger partial charge >= 0.3 is 0 Å². The van der Waals surface area contributed by atoms with Crippen LogP contribution in [0.3, 0.4) is 0 Å². The number of hydrogen-bond acceptors (Lipinski definition) is 3. The SMILES string of the molecule is Br.CCOC1SC=C(C)N1Cc1ccccc1. The van der Waals surface area contributed by atoms with E-state index in [9.17, 15) is 0 Å². The minimum absolute atomic E-state index is 0. The van der Waals surface area contributed by atoms with Crippen LogP contribution < -0.4 is 0 Å².